The maximum atomic E-state index is 5.89. The number of hydrogen-bond acceptors (Lipinski definition) is 3. The van der Waals surface area contributed by atoms with Crippen LogP contribution < -0.4 is 5.73 Å². The topological polar surface area (TPSA) is 63.9 Å². The minimum absolute atomic E-state index is 0.311. The molecule has 0 radical (unpaired) electrons. The average molecular weight is 231 g/mol. The zero-order chi connectivity index (χ0) is 11.7. The highest BCUT2D eigenvalue weighted by Crippen LogP contribution is 2.21. The number of nitrogens with one attached hydrogen (secondary N) is 1. The summed E-state index contributed by atoms with van der Waals surface area (Å²) >= 11 is 0. The van der Waals surface area contributed by atoms with Gasteiger partial charge in [0.25, 0.3) is 0 Å². The summed E-state index contributed by atoms with van der Waals surface area (Å²) in [6.07, 6.45) is 4.74. The van der Waals surface area contributed by atoms with Crippen molar-refractivity contribution >= 4 is 16.7 Å². The Labute approximate surface area is 100 Å². The molecule has 0 amide bonds. The van der Waals surface area contributed by atoms with E-state index in [2.05, 4.69) is 9.97 Å². The number of nitrogen functional groups attached to an aromatic ring is 1. The lowest BCUT2D eigenvalue weighted by molar-refractivity contribution is 0.0158. The van der Waals surface area contributed by atoms with E-state index in [1.807, 2.05) is 18.2 Å². The number of ether oxygens (including phenoxy) is 1. The number of anilines is 1. The van der Waals surface area contributed by atoms with Gasteiger partial charge in [0.15, 0.2) is 0 Å². The number of hydrogen-bond donors (Lipinski definition) is 2. The van der Waals surface area contributed by atoms with E-state index in [0.29, 0.717) is 6.10 Å². The third kappa shape index (κ3) is 2.13. The van der Waals surface area contributed by atoms with Crippen LogP contribution in [0, 0.1) is 0 Å². The van der Waals surface area contributed by atoms with E-state index in [-0.39, 0.29) is 0 Å². The van der Waals surface area contributed by atoms with E-state index in [1.54, 1.807) is 0 Å². The highest BCUT2D eigenvalue weighted by Gasteiger charge is 2.16. The summed E-state index contributed by atoms with van der Waals surface area (Å²) in [4.78, 5) is 7.86. The van der Waals surface area contributed by atoms with Crippen molar-refractivity contribution in [2.24, 2.45) is 0 Å². The van der Waals surface area contributed by atoms with Crippen LogP contribution in [0.2, 0.25) is 0 Å². The zero-order valence-electron chi connectivity index (χ0n) is 9.78. The SMILES string of the molecule is Nc1cccc2[nH]c(CC3CCCCO3)nc12. The summed E-state index contributed by atoms with van der Waals surface area (Å²) in [7, 11) is 0. The smallest absolute Gasteiger partial charge is 0.111 e. The van der Waals surface area contributed by atoms with Gasteiger partial charge < -0.3 is 15.5 Å². The third-order valence-corrected chi connectivity index (χ3v) is 3.29. The number of aromatic amines is 1. The van der Waals surface area contributed by atoms with Crippen LogP contribution in [0.3, 0.4) is 0 Å². The molecule has 1 unspecified atom stereocenters. The highest BCUT2D eigenvalue weighted by molar-refractivity contribution is 5.86. The van der Waals surface area contributed by atoms with Crippen molar-refractivity contribution in [3.63, 3.8) is 0 Å². The number of benzene rings is 1. The molecule has 1 aliphatic rings. The van der Waals surface area contributed by atoms with Crippen LogP contribution in [0.15, 0.2) is 18.2 Å². The monoisotopic (exact) mass is 231 g/mol. The summed E-state index contributed by atoms with van der Waals surface area (Å²) in [6, 6.07) is 5.82. The fourth-order valence-corrected chi connectivity index (χ4v) is 2.39. The molecular weight excluding hydrogens is 214 g/mol. The maximum absolute atomic E-state index is 5.89. The van der Waals surface area contributed by atoms with Crippen LogP contribution in [0.4, 0.5) is 5.69 Å². The van der Waals surface area contributed by atoms with Gasteiger partial charge in [-0.1, -0.05) is 6.07 Å². The molecule has 17 heavy (non-hydrogen) atoms. The highest BCUT2D eigenvalue weighted by atomic mass is 16.5. The van der Waals surface area contributed by atoms with Crippen LogP contribution in [-0.4, -0.2) is 22.7 Å². The van der Waals surface area contributed by atoms with Crippen molar-refractivity contribution in [1.29, 1.82) is 0 Å². The number of fused-ring (bicyclic) bond motifs is 1. The average Bonchev–Trinajstić information content (AvgIpc) is 2.74. The van der Waals surface area contributed by atoms with Crippen molar-refractivity contribution < 1.29 is 4.74 Å². The van der Waals surface area contributed by atoms with Gasteiger partial charge in [-0.25, -0.2) is 4.98 Å². The lowest BCUT2D eigenvalue weighted by Gasteiger charge is -2.21. The quantitative estimate of drug-likeness (QED) is 0.779. The molecule has 90 valence electrons. The Bertz CT molecular complexity index is 514. The van der Waals surface area contributed by atoms with Crippen molar-refractivity contribution in [1.82, 2.24) is 9.97 Å². The molecule has 0 bridgehead atoms. The van der Waals surface area contributed by atoms with Gasteiger partial charge in [-0.3, -0.25) is 0 Å². The Balaban J connectivity index is 1.83. The van der Waals surface area contributed by atoms with E-state index >= 15 is 0 Å². The number of nitrogens with two attached hydrogens (primary N) is 1. The van der Waals surface area contributed by atoms with Gasteiger partial charge in [0.05, 0.1) is 17.3 Å². The Morgan fingerprint density at radius 3 is 3.12 bits per heavy atom. The Kier molecular flexibility index (Phi) is 2.73. The molecule has 4 nitrogen and oxygen atoms in total. The molecule has 0 spiro atoms. The molecule has 1 aromatic carbocycles. The largest absolute Gasteiger partial charge is 0.397 e. The Morgan fingerprint density at radius 2 is 2.35 bits per heavy atom. The lowest BCUT2D eigenvalue weighted by Crippen LogP contribution is -2.21. The standard InChI is InChI=1S/C13H17N3O/c14-10-5-3-6-11-13(10)16-12(15-11)8-9-4-1-2-7-17-9/h3,5-6,9H,1-2,4,7-8,14H2,(H,15,16). The van der Waals surface area contributed by atoms with Crippen LogP contribution in [0.5, 0.6) is 0 Å². The molecule has 1 fully saturated rings. The normalized spacial score (nSPS) is 20.8. The molecule has 1 aromatic heterocycles. The molecule has 1 saturated heterocycles. The van der Waals surface area contributed by atoms with Gasteiger partial charge in [-0.15, -0.1) is 0 Å². The van der Waals surface area contributed by atoms with Crippen LogP contribution in [0.1, 0.15) is 25.1 Å². The Morgan fingerprint density at radius 1 is 1.41 bits per heavy atom. The second kappa shape index (κ2) is 4.37. The summed E-state index contributed by atoms with van der Waals surface area (Å²) in [5.74, 6) is 0.977. The van der Waals surface area contributed by atoms with Crippen molar-refractivity contribution in [3.8, 4) is 0 Å². The summed E-state index contributed by atoms with van der Waals surface area (Å²) in [5.41, 5.74) is 8.50. The van der Waals surface area contributed by atoms with E-state index in [4.69, 9.17) is 10.5 Å². The second-order valence-corrected chi connectivity index (χ2v) is 4.62. The maximum Gasteiger partial charge on any atom is 0.111 e. The summed E-state index contributed by atoms with van der Waals surface area (Å²) in [5, 5.41) is 0. The summed E-state index contributed by atoms with van der Waals surface area (Å²) in [6.45, 7) is 0.882. The van der Waals surface area contributed by atoms with Crippen LogP contribution >= 0.6 is 0 Å². The first-order chi connectivity index (χ1) is 8.33. The molecule has 3 rings (SSSR count). The van der Waals surface area contributed by atoms with E-state index in [9.17, 15) is 0 Å². The molecule has 3 N–H and O–H groups in total. The minimum Gasteiger partial charge on any atom is -0.397 e. The first-order valence-corrected chi connectivity index (χ1v) is 6.17. The molecule has 2 aromatic rings. The van der Waals surface area contributed by atoms with E-state index in [0.717, 1.165) is 42.0 Å². The molecule has 0 saturated carbocycles. The molecule has 0 aliphatic carbocycles. The van der Waals surface area contributed by atoms with Crippen molar-refractivity contribution in [2.75, 3.05) is 12.3 Å². The number of para-hydroxylation sites is 1. The van der Waals surface area contributed by atoms with Crippen LogP contribution in [0.25, 0.3) is 11.0 Å². The van der Waals surface area contributed by atoms with Crippen molar-refractivity contribution in [2.45, 2.75) is 31.8 Å². The summed E-state index contributed by atoms with van der Waals surface area (Å²) < 4.78 is 5.72. The van der Waals surface area contributed by atoms with Crippen molar-refractivity contribution in [3.05, 3.63) is 24.0 Å². The fraction of sp³-hybridized carbons (Fsp3) is 0.462. The van der Waals surface area contributed by atoms with Gasteiger partial charge in [-0.2, -0.15) is 0 Å². The van der Waals surface area contributed by atoms with E-state index in [1.165, 1.54) is 12.8 Å². The first-order valence-electron chi connectivity index (χ1n) is 6.17. The third-order valence-electron chi connectivity index (χ3n) is 3.29. The van der Waals surface area contributed by atoms with Gasteiger partial charge in [-0.05, 0) is 31.4 Å². The van der Waals surface area contributed by atoms with E-state index < -0.39 is 0 Å². The molecule has 4 heteroatoms. The second-order valence-electron chi connectivity index (χ2n) is 4.62. The minimum atomic E-state index is 0.311. The number of H-pyrrole nitrogens is 1. The van der Waals surface area contributed by atoms with Crippen LogP contribution in [-0.2, 0) is 11.2 Å². The molecule has 1 aliphatic heterocycles. The van der Waals surface area contributed by atoms with Gasteiger partial charge >= 0.3 is 0 Å². The predicted molar refractivity (Wildman–Crippen MR) is 67.8 cm³/mol. The van der Waals surface area contributed by atoms with Gasteiger partial charge in [0.2, 0.25) is 0 Å². The lowest BCUT2D eigenvalue weighted by atomic mass is 10.1. The first kappa shape index (κ1) is 10.6. The molecule has 1 atom stereocenters. The van der Waals surface area contributed by atoms with Gasteiger partial charge in [0.1, 0.15) is 11.3 Å². The molecular formula is C13H17N3O. The number of aromatic nitrogens is 2. The number of imidazole rings is 1. The number of nitrogens with zero attached hydrogens (tertiary/aromatic N) is 1. The predicted octanol–water partition coefficient (Wildman–Crippen LogP) is 2.26. The molecule has 2 heterocycles. The zero-order valence-corrected chi connectivity index (χ0v) is 9.78. The Hall–Kier alpha value is -1.55. The fourth-order valence-electron chi connectivity index (χ4n) is 2.39. The number of rotatable bonds is 2. The van der Waals surface area contributed by atoms with Gasteiger partial charge in [0, 0.05) is 13.0 Å².